The summed E-state index contributed by atoms with van der Waals surface area (Å²) in [5.41, 5.74) is 0.922. The van der Waals surface area contributed by atoms with E-state index in [1.165, 1.54) is 6.42 Å². The number of rotatable bonds is 3. The quantitative estimate of drug-likeness (QED) is 0.903. The lowest BCUT2D eigenvalue weighted by molar-refractivity contribution is 0.0903. The maximum atomic E-state index is 12.3. The molecule has 2 bridgehead atoms. The van der Waals surface area contributed by atoms with E-state index in [-0.39, 0.29) is 11.9 Å². The van der Waals surface area contributed by atoms with Crippen LogP contribution in [0.3, 0.4) is 0 Å². The monoisotopic (exact) mass is 283 g/mol. The highest BCUT2D eigenvalue weighted by atomic mass is 16.3. The van der Waals surface area contributed by atoms with Crippen LogP contribution in [0.1, 0.15) is 29.8 Å². The Bertz CT molecular complexity index is 653. The molecule has 108 valence electrons. The summed E-state index contributed by atoms with van der Waals surface area (Å²) < 4.78 is 5.66. The van der Waals surface area contributed by atoms with Gasteiger partial charge in [-0.1, -0.05) is 0 Å². The summed E-state index contributed by atoms with van der Waals surface area (Å²) in [6.07, 6.45) is 6.81. The van der Waals surface area contributed by atoms with Crippen molar-refractivity contribution in [2.75, 3.05) is 0 Å². The predicted molar refractivity (Wildman–Crippen MR) is 77.8 cm³/mol. The average molecular weight is 283 g/mol. The fraction of sp³-hybridized carbons (Fsp3) is 0.375. The van der Waals surface area contributed by atoms with Crippen molar-refractivity contribution in [1.82, 2.24) is 15.6 Å². The Morgan fingerprint density at radius 2 is 2.10 bits per heavy atom. The summed E-state index contributed by atoms with van der Waals surface area (Å²) in [4.78, 5) is 16.3. The number of hydrogen-bond acceptors (Lipinski definition) is 4. The van der Waals surface area contributed by atoms with Crippen molar-refractivity contribution in [3.8, 4) is 11.3 Å². The number of pyridine rings is 1. The van der Waals surface area contributed by atoms with Crippen molar-refractivity contribution in [3.63, 3.8) is 0 Å². The topological polar surface area (TPSA) is 67.2 Å². The molecule has 2 fully saturated rings. The maximum absolute atomic E-state index is 12.3. The standard InChI is InChI=1S/C16H17N3O2/c20-16(19-13-9-11-1-2-12(13)18-11)15-4-3-14(21-15)10-5-7-17-8-6-10/h3-8,11-13,18H,1-2,9H2,(H,19,20)/t11-,12+,13-/m1/s1. The van der Waals surface area contributed by atoms with Gasteiger partial charge >= 0.3 is 0 Å². The second-order valence-electron chi connectivity index (χ2n) is 5.76. The number of fused-ring (bicyclic) bond motifs is 2. The first-order valence-electron chi connectivity index (χ1n) is 7.37. The third-order valence-electron chi connectivity index (χ3n) is 4.41. The molecular weight excluding hydrogens is 266 g/mol. The van der Waals surface area contributed by atoms with Crippen LogP contribution in [-0.4, -0.2) is 29.0 Å². The fourth-order valence-electron chi connectivity index (χ4n) is 3.35. The number of hydrogen-bond donors (Lipinski definition) is 2. The molecule has 2 saturated heterocycles. The minimum atomic E-state index is -0.130. The van der Waals surface area contributed by atoms with Crippen LogP contribution in [0.2, 0.25) is 0 Å². The van der Waals surface area contributed by atoms with Gasteiger partial charge in [-0.25, -0.2) is 0 Å². The Balaban J connectivity index is 1.47. The highest BCUT2D eigenvalue weighted by Crippen LogP contribution is 2.28. The molecule has 5 nitrogen and oxygen atoms in total. The number of furan rings is 1. The molecule has 0 unspecified atom stereocenters. The van der Waals surface area contributed by atoms with E-state index < -0.39 is 0 Å². The van der Waals surface area contributed by atoms with Gasteiger partial charge in [0.15, 0.2) is 5.76 Å². The normalized spacial score (nSPS) is 27.0. The molecule has 0 saturated carbocycles. The molecule has 2 aromatic rings. The summed E-state index contributed by atoms with van der Waals surface area (Å²) in [5.74, 6) is 0.924. The fourth-order valence-corrected chi connectivity index (χ4v) is 3.35. The van der Waals surface area contributed by atoms with E-state index in [0.717, 1.165) is 18.4 Å². The summed E-state index contributed by atoms with van der Waals surface area (Å²) in [6, 6.07) is 8.50. The van der Waals surface area contributed by atoms with Crippen LogP contribution in [-0.2, 0) is 0 Å². The average Bonchev–Trinajstić information content (AvgIpc) is 3.24. The number of carbonyl (C=O) groups excluding carboxylic acids is 1. The molecule has 2 aromatic heterocycles. The van der Waals surface area contributed by atoms with Gasteiger partial charge in [-0.2, -0.15) is 0 Å². The van der Waals surface area contributed by atoms with Crippen LogP contribution in [0, 0.1) is 0 Å². The van der Waals surface area contributed by atoms with Gasteiger partial charge in [0.2, 0.25) is 0 Å². The van der Waals surface area contributed by atoms with Crippen molar-refractivity contribution >= 4 is 5.91 Å². The van der Waals surface area contributed by atoms with Crippen molar-refractivity contribution in [1.29, 1.82) is 0 Å². The van der Waals surface area contributed by atoms with E-state index in [9.17, 15) is 4.79 Å². The van der Waals surface area contributed by atoms with Crippen molar-refractivity contribution in [3.05, 3.63) is 42.4 Å². The molecule has 4 rings (SSSR count). The van der Waals surface area contributed by atoms with Gasteiger partial charge in [-0.05, 0) is 43.5 Å². The van der Waals surface area contributed by atoms with Crippen LogP contribution in [0.25, 0.3) is 11.3 Å². The zero-order valence-electron chi connectivity index (χ0n) is 11.6. The largest absolute Gasteiger partial charge is 0.451 e. The number of carbonyl (C=O) groups is 1. The number of nitrogens with one attached hydrogen (secondary N) is 2. The van der Waals surface area contributed by atoms with Crippen LogP contribution in [0.4, 0.5) is 0 Å². The molecule has 2 N–H and O–H groups in total. The van der Waals surface area contributed by atoms with Crippen molar-refractivity contribution in [2.24, 2.45) is 0 Å². The number of nitrogens with zero attached hydrogens (tertiary/aromatic N) is 1. The van der Waals surface area contributed by atoms with Crippen molar-refractivity contribution in [2.45, 2.75) is 37.4 Å². The Hall–Kier alpha value is -2.14. The first-order valence-corrected chi connectivity index (χ1v) is 7.37. The molecule has 0 aromatic carbocycles. The van der Waals surface area contributed by atoms with E-state index in [4.69, 9.17) is 4.42 Å². The first-order chi connectivity index (χ1) is 10.3. The Labute approximate surface area is 122 Å². The molecular formula is C16H17N3O2. The van der Waals surface area contributed by atoms with E-state index >= 15 is 0 Å². The molecule has 2 aliphatic heterocycles. The SMILES string of the molecule is O=C(N[C@@H]1C[C@H]2CC[C@@H]1N2)c1ccc(-c2ccncc2)o1. The van der Waals surface area contributed by atoms with Gasteiger partial charge in [0, 0.05) is 36.1 Å². The maximum Gasteiger partial charge on any atom is 0.287 e. The third kappa shape index (κ3) is 2.34. The van der Waals surface area contributed by atoms with Gasteiger partial charge in [-0.3, -0.25) is 9.78 Å². The van der Waals surface area contributed by atoms with Gasteiger partial charge in [0.05, 0.1) is 0 Å². The zero-order valence-corrected chi connectivity index (χ0v) is 11.6. The minimum Gasteiger partial charge on any atom is -0.451 e. The molecule has 1 amide bonds. The molecule has 4 heterocycles. The van der Waals surface area contributed by atoms with Crippen LogP contribution in [0.5, 0.6) is 0 Å². The van der Waals surface area contributed by atoms with E-state index in [0.29, 0.717) is 23.6 Å². The second-order valence-corrected chi connectivity index (χ2v) is 5.76. The molecule has 3 atom stereocenters. The van der Waals surface area contributed by atoms with Gasteiger partial charge in [0.25, 0.3) is 5.91 Å². The summed E-state index contributed by atoms with van der Waals surface area (Å²) >= 11 is 0. The zero-order chi connectivity index (χ0) is 14.2. The second kappa shape index (κ2) is 5.00. The van der Waals surface area contributed by atoms with Crippen molar-refractivity contribution < 1.29 is 9.21 Å². The Morgan fingerprint density at radius 1 is 1.24 bits per heavy atom. The minimum absolute atomic E-state index is 0.130. The van der Waals surface area contributed by atoms with Gasteiger partial charge < -0.3 is 15.1 Å². The lowest BCUT2D eigenvalue weighted by Crippen LogP contribution is -2.42. The highest BCUT2D eigenvalue weighted by Gasteiger charge is 2.39. The van der Waals surface area contributed by atoms with Crippen LogP contribution < -0.4 is 10.6 Å². The lowest BCUT2D eigenvalue weighted by atomic mass is 9.95. The van der Waals surface area contributed by atoms with Gasteiger partial charge in [-0.15, -0.1) is 0 Å². The number of amides is 1. The number of aromatic nitrogens is 1. The van der Waals surface area contributed by atoms with E-state index in [1.54, 1.807) is 18.5 Å². The summed E-state index contributed by atoms with van der Waals surface area (Å²) in [5, 5.41) is 6.60. The highest BCUT2D eigenvalue weighted by molar-refractivity contribution is 5.92. The molecule has 0 aliphatic carbocycles. The first kappa shape index (κ1) is 12.6. The molecule has 2 aliphatic rings. The predicted octanol–water partition coefficient (Wildman–Crippen LogP) is 1.96. The van der Waals surface area contributed by atoms with Gasteiger partial charge in [0.1, 0.15) is 5.76 Å². The van der Waals surface area contributed by atoms with Crippen LogP contribution >= 0.6 is 0 Å². The third-order valence-corrected chi connectivity index (χ3v) is 4.41. The molecule has 0 spiro atoms. The molecule has 0 radical (unpaired) electrons. The van der Waals surface area contributed by atoms with E-state index in [1.807, 2.05) is 18.2 Å². The van der Waals surface area contributed by atoms with E-state index in [2.05, 4.69) is 15.6 Å². The smallest absolute Gasteiger partial charge is 0.287 e. The lowest BCUT2D eigenvalue weighted by Gasteiger charge is -2.20. The summed E-state index contributed by atoms with van der Waals surface area (Å²) in [7, 11) is 0. The van der Waals surface area contributed by atoms with Crippen LogP contribution in [0.15, 0.2) is 41.1 Å². The molecule has 21 heavy (non-hydrogen) atoms. The Morgan fingerprint density at radius 3 is 2.81 bits per heavy atom. The molecule has 5 heteroatoms. The summed E-state index contributed by atoms with van der Waals surface area (Å²) in [6.45, 7) is 0. The Kier molecular flexibility index (Phi) is 3.00.